The summed E-state index contributed by atoms with van der Waals surface area (Å²) in [5.41, 5.74) is 3.98. The summed E-state index contributed by atoms with van der Waals surface area (Å²) in [4.78, 5) is 8.18. The molecular weight excluding hydrogens is 264 g/mol. The average molecular weight is 288 g/mol. The summed E-state index contributed by atoms with van der Waals surface area (Å²) in [5, 5.41) is 9.95. The fraction of sp³-hybridized carbons (Fsp3) is 0.471. The van der Waals surface area contributed by atoms with Crippen molar-refractivity contribution in [2.24, 2.45) is 0 Å². The van der Waals surface area contributed by atoms with E-state index >= 15 is 0 Å². The van der Waals surface area contributed by atoms with Gasteiger partial charge in [0.2, 0.25) is 0 Å². The molecule has 1 aromatic carbocycles. The highest BCUT2D eigenvalue weighted by molar-refractivity contribution is 5.64. The van der Waals surface area contributed by atoms with Crippen molar-refractivity contribution in [2.45, 2.75) is 46.5 Å². The smallest absolute Gasteiger partial charge is 0.161 e. The molecule has 0 unspecified atom stereocenters. The van der Waals surface area contributed by atoms with Gasteiger partial charge in [-0.05, 0) is 36.5 Å². The average Bonchev–Trinajstić information content (AvgIpc) is 2.87. The summed E-state index contributed by atoms with van der Waals surface area (Å²) < 4.78 is 5.23. The topological polar surface area (TPSA) is 58.1 Å². The van der Waals surface area contributed by atoms with Gasteiger partial charge in [-0.1, -0.05) is 27.7 Å². The highest BCUT2D eigenvalue weighted by Crippen LogP contribution is 2.35. The van der Waals surface area contributed by atoms with E-state index in [0.717, 1.165) is 22.6 Å². The van der Waals surface area contributed by atoms with Gasteiger partial charge in [-0.15, -0.1) is 0 Å². The molecule has 1 aromatic heterocycles. The Kier molecular flexibility index (Phi) is 4.26. The molecule has 0 amide bonds. The van der Waals surface area contributed by atoms with E-state index in [9.17, 15) is 5.11 Å². The number of nitrogens with zero attached hydrogens (tertiary/aromatic N) is 1. The van der Waals surface area contributed by atoms with E-state index in [2.05, 4.69) is 32.7 Å². The van der Waals surface area contributed by atoms with E-state index in [-0.39, 0.29) is 5.75 Å². The zero-order valence-corrected chi connectivity index (χ0v) is 13.6. The number of imidazole rings is 1. The first-order valence-electron chi connectivity index (χ1n) is 7.32. The number of aromatic hydroxyl groups is 1. The third kappa shape index (κ3) is 2.89. The Hall–Kier alpha value is -1.97. The van der Waals surface area contributed by atoms with E-state index in [1.807, 2.05) is 19.1 Å². The maximum Gasteiger partial charge on any atom is 0.161 e. The van der Waals surface area contributed by atoms with Crippen LogP contribution in [0.4, 0.5) is 0 Å². The molecule has 0 radical (unpaired) electrons. The number of methoxy groups -OCH3 is 1. The number of hydrogen-bond acceptors (Lipinski definition) is 3. The van der Waals surface area contributed by atoms with Gasteiger partial charge in [0.1, 0.15) is 5.82 Å². The lowest BCUT2D eigenvalue weighted by molar-refractivity contribution is 0.372. The SMILES string of the molecule is COc1cc(-c2nc(C(C)C)c(C(C)C)[nH]2)cc(C)c1O. The molecule has 0 aliphatic heterocycles. The second kappa shape index (κ2) is 5.80. The third-order valence-electron chi connectivity index (χ3n) is 3.64. The predicted molar refractivity (Wildman–Crippen MR) is 85.2 cm³/mol. The van der Waals surface area contributed by atoms with Crippen molar-refractivity contribution in [2.75, 3.05) is 7.11 Å². The molecule has 0 aliphatic carbocycles. The fourth-order valence-corrected chi connectivity index (χ4v) is 2.46. The molecule has 1 heterocycles. The van der Waals surface area contributed by atoms with Gasteiger partial charge in [0, 0.05) is 11.3 Å². The van der Waals surface area contributed by atoms with Crippen LogP contribution in [0.25, 0.3) is 11.4 Å². The van der Waals surface area contributed by atoms with Crippen molar-refractivity contribution in [3.63, 3.8) is 0 Å². The Balaban J connectivity index is 2.57. The molecule has 21 heavy (non-hydrogen) atoms. The molecule has 2 aromatic rings. The minimum absolute atomic E-state index is 0.181. The fourth-order valence-electron chi connectivity index (χ4n) is 2.46. The maximum atomic E-state index is 9.95. The number of hydrogen-bond donors (Lipinski definition) is 2. The molecule has 0 saturated heterocycles. The zero-order chi connectivity index (χ0) is 15.7. The highest BCUT2D eigenvalue weighted by atomic mass is 16.5. The van der Waals surface area contributed by atoms with Gasteiger partial charge < -0.3 is 14.8 Å². The normalized spacial score (nSPS) is 11.4. The molecule has 2 N–H and O–H groups in total. The van der Waals surface area contributed by atoms with Crippen molar-refractivity contribution in [3.8, 4) is 22.9 Å². The quantitative estimate of drug-likeness (QED) is 0.879. The van der Waals surface area contributed by atoms with Crippen molar-refractivity contribution in [3.05, 3.63) is 29.1 Å². The molecule has 0 bridgehead atoms. The van der Waals surface area contributed by atoms with Gasteiger partial charge in [0.25, 0.3) is 0 Å². The molecule has 4 heteroatoms. The monoisotopic (exact) mass is 288 g/mol. The number of nitrogens with one attached hydrogen (secondary N) is 1. The Morgan fingerprint density at radius 3 is 2.29 bits per heavy atom. The van der Waals surface area contributed by atoms with E-state index in [0.29, 0.717) is 17.6 Å². The first-order chi connectivity index (χ1) is 9.85. The number of aromatic amines is 1. The molecule has 4 nitrogen and oxygen atoms in total. The van der Waals surface area contributed by atoms with Crippen LogP contribution < -0.4 is 4.74 Å². The van der Waals surface area contributed by atoms with Gasteiger partial charge in [-0.2, -0.15) is 0 Å². The van der Waals surface area contributed by atoms with Gasteiger partial charge in [-0.25, -0.2) is 4.98 Å². The predicted octanol–water partition coefficient (Wildman–Crippen LogP) is 4.35. The van der Waals surface area contributed by atoms with Gasteiger partial charge >= 0.3 is 0 Å². The molecule has 2 rings (SSSR count). The highest BCUT2D eigenvalue weighted by Gasteiger charge is 2.18. The van der Waals surface area contributed by atoms with Crippen LogP contribution in [-0.2, 0) is 0 Å². The number of H-pyrrole nitrogens is 1. The number of phenolic OH excluding ortho intramolecular Hbond substituents is 1. The Labute approximate surface area is 126 Å². The first kappa shape index (κ1) is 15.4. The van der Waals surface area contributed by atoms with E-state index < -0.39 is 0 Å². The largest absolute Gasteiger partial charge is 0.504 e. The van der Waals surface area contributed by atoms with Crippen molar-refractivity contribution < 1.29 is 9.84 Å². The Morgan fingerprint density at radius 1 is 1.14 bits per heavy atom. The standard InChI is InChI=1S/C17H24N2O2/c1-9(2)14-15(10(3)4)19-17(18-14)12-7-11(5)16(20)13(8-12)21-6/h7-10,20H,1-6H3,(H,18,19). The van der Waals surface area contributed by atoms with Gasteiger partial charge in [0.05, 0.1) is 12.8 Å². The van der Waals surface area contributed by atoms with E-state index in [1.54, 1.807) is 7.11 Å². The summed E-state index contributed by atoms with van der Waals surface area (Å²) in [6.07, 6.45) is 0. The van der Waals surface area contributed by atoms with Crippen molar-refractivity contribution in [1.82, 2.24) is 9.97 Å². The summed E-state index contributed by atoms with van der Waals surface area (Å²) in [5.74, 6) is 2.24. The minimum Gasteiger partial charge on any atom is -0.504 e. The van der Waals surface area contributed by atoms with Crippen LogP contribution in [0, 0.1) is 6.92 Å². The minimum atomic E-state index is 0.181. The number of rotatable bonds is 4. The number of benzene rings is 1. The number of phenols is 1. The first-order valence-corrected chi connectivity index (χ1v) is 7.32. The van der Waals surface area contributed by atoms with Crippen LogP contribution in [0.2, 0.25) is 0 Å². The van der Waals surface area contributed by atoms with Gasteiger partial charge in [-0.3, -0.25) is 0 Å². The zero-order valence-electron chi connectivity index (χ0n) is 13.6. The number of aryl methyl sites for hydroxylation is 1. The van der Waals surface area contributed by atoms with Crippen LogP contribution in [-0.4, -0.2) is 22.2 Å². The van der Waals surface area contributed by atoms with Crippen LogP contribution >= 0.6 is 0 Å². The van der Waals surface area contributed by atoms with Crippen LogP contribution in [0.3, 0.4) is 0 Å². The molecule has 0 aliphatic rings. The lowest BCUT2D eigenvalue weighted by atomic mass is 10.0. The second-order valence-corrected chi connectivity index (χ2v) is 6.04. The van der Waals surface area contributed by atoms with Crippen molar-refractivity contribution in [1.29, 1.82) is 0 Å². The summed E-state index contributed by atoms with van der Waals surface area (Å²) in [7, 11) is 1.56. The lowest BCUT2D eigenvalue weighted by Gasteiger charge is -2.08. The van der Waals surface area contributed by atoms with Crippen LogP contribution in [0.5, 0.6) is 11.5 Å². The summed E-state index contributed by atoms with van der Waals surface area (Å²) in [6, 6.07) is 3.74. The molecule has 0 atom stereocenters. The van der Waals surface area contributed by atoms with Crippen molar-refractivity contribution >= 4 is 0 Å². The molecule has 0 fully saturated rings. The lowest BCUT2D eigenvalue weighted by Crippen LogP contribution is -1.96. The Bertz CT molecular complexity index is 617. The van der Waals surface area contributed by atoms with Crippen LogP contribution in [0.15, 0.2) is 12.1 Å². The summed E-state index contributed by atoms with van der Waals surface area (Å²) >= 11 is 0. The molecule has 0 saturated carbocycles. The van der Waals surface area contributed by atoms with E-state index in [1.165, 1.54) is 5.69 Å². The second-order valence-electron chi connectivity index (χ2n) is 6.04. The molecular formula is C17H24N2O2. The summed E-state index contributed by atoms with van der Waals surface area (Å²) in [6.45, 7) is 10.5. The van der Waals surface area contributed by atoms with Crippen LogP contribution in [0.1, 0.15) is 56.5 Å². The Morgan fingerprint density at radius 2 is 1.81 bits per heavy atom. The maximum absolute atomic E-state index is 9.95. The molecule has 0 spiro atoms. The van der Waals surface area contributed by atoms with Gasteiger partial charge in [0.15, 0.2) is 11.5 Å². The number of ether oxygens (including phenoxy) is 1. The van der Waals surface area contributed by atoms with E-state index in [4.69, 9.17) is 9.72 Å². The molecule has 114 valence electrons. The number of aromatic nitrogens is 2. The third-order valence-corrected chi connectivity index (χ3v) is 3.64.